The van der Waals surface area contributed by atoms with Gasteiger partial charge in [0.05, 0.1) is 7.11 Å². The van der Waals surface area contributed by atoms with E-state index in [4.69, 9.17) is 9.15 Å². The lowest BCUT2D eigenvalue weighted by Gasteiger charge is -2.07. The second-order valence-corrected chi connectivity index (χ2v) is 7.10. The maximum atomic E-state index is 11.8. The van der Waals surface area contributed by atoms with Crippen LogP contribution in [0.5, 0.6) is 11.5 Å². The third kappa shape index (κ3) is 3.46. The molecule has 0 unspecified atom stereocenters. The lowest BCUT2D eigenvalue weighted by atomic mass is 10.1. The van der Waals surface area contributed by atoms with Crippen molar-refractivity contribution in [1.29, 1.82) is 0 Å². The Balaban J connectivity index is 1.62. The zero-order chi connectivity index (χ0) is 19.7. The van der Waals surface area contributed by atoms with E-state index in [0.29, 0.717) is 11.3 Å². The van der Waals surface area contributed by atoms with E-state index < -0.39 is 5.63 Å². The molecule has 0 aliphatic carbocycles. The van der Waals surface area contributed by atoms with Crippen molar-refractivity contribution < 1.29 is 14.3 Å². The molecule has 7 nitrogen and oxygen atoms in total. The first-order valence-electron chi connectivity index (χ1n) is 8.47. The van der Waals surface area contributed by atoms with Crippen LogP contribution in [-0.2, 0) is 12.8 Å². The van der Waals surface area contributed by atoms with Gasteiger partial charge in [-0.05, 0) is 29.8 Å². The van der Waals surface area contributed by atoms with Crippen LogP contribution < -0.4 is 10.4 Å². The zero-order valence-electron chi connectivity index (χ0n) is 15.2. The number of aromatic hydroxyl groups is 1. The van der Waals surface area contributed by atoms with Crippen molar-refractivity contribution in [2.45, 2.75) is 10.9 Å². The molecule has 4 aromatic rings. The van der Waals surface area contributed by atoms with Crippen LogP contribution in [0, 0.1) is 0 Å². The standard InChI is InChI=1S/C20H17N3O4S/c1-23-19(12-4-3-5-15(8-12)26-2)21-22-20(23)28-11-13-9-18(25)27-17-10-14(24)6-7-16(13)17/h3-10,24H,11H2,1-2H3. The van der Waals surface area contributed by atoms with Crippen molar-refractivity contribution in [3.63, 3.8) is 0 Å². The summed E-state index contributed by atoms with van der Waals surface area (Å²) < 4.78 is 12.3. The van der Waals surface area contributed by atoms with Gasteiger partial charge < -0.3 is 18.8 Å². The first-order chi connectivity index (χ1) is 13.5. The summed E-state index contributed by atoms with van der Waals surface area (Å²) in [7, 11) is 3.52. The summed E-state index contributed by atoms with van der Waals surface area (Å²) in [5.41, 5.74) is 1.62. The van der Waals surface area contributed by atoms with Crippen LogP contribution in [-0.4, -0.2) is 27.0 Å². The van der Waals surface area contributed by atoms with E-state index in [0.717, 1.165) is 33.2 Å². The molecular weight excluding hydrogens is 378 g/mol. The minimum absolute atomic E-state index is 0.0525. The Labute approximate surface area is 164 Å². The molecule has 0 atom stereocenters. The zero-order valence-corrected chi connectivity index (χ0v) is 16.1. The van der Waals surface area contributed by atoms with Crippen molar-refractivity contribution in [1.82, 2.24) is 14.8 Å². The molecule has 2 aromatic carbocycles. The Morgan fingerprint density at radius 2 is 2.04 bits per heavy atom. The number of aromatic nitrogens is 3. The highest BCUT2D eigenvalue weighted by molar-refractivity contribution is 7.98. The van der Waals surface area contributed by atoms with E-state index in [2.05, 4.69) is 10.2 Å². The molecule has 1 N–H and O–H groups in total. The van der Waals surface area contributed by atoms with Crippen molar-refractivity contribution >= 4 is 22.7 Å². The number of phenolic OH excluding ortho intramolecular Hbond substituents is 1. The number of phenols is 1. The number of thioether (sulfide) groups is 1. The normalized spacial score (nSPS) is 11.1. The van der Waals surface area contributed by atoms with E-state index in [1.54, 1.807) is 19.2 Å². The number of rotatable bonds is 5. The van der Waals surface area contributed by atoms with Gasteiger partial charge in [0, 0.05) is 35.9 Å². The van der Waals surface area contributed by atoms with Crippen LogP contribution in [0.1, 0.15) is 5.56 Å². The molecule has 0 amide bonds. The van der Waals surface area contributed by atoms with E-state index >= 15 is 0 Å². The number of fused-ring (bicyclic) bond motifs is 1. The number of benzene rings is 2. The Bertz CT molecular complexity index is 1220. The van der Waals surface area contributed by atoms with Gasteiger partial charge in [0.1, 0.15) is 17.1 Å². The number of ether oxygens (including phenoxy) is 1. The van der Waals surface area contributed by atoms with Gasteiger partial charge in [-0.25, -0.2) is 4.79 Å². The van der Waals surface area contributed by atoms with Gasteiger partial charge in [-0.3, -0.25) is 0 Å². The predicted molar refractivity (Wildman–Crippen MR) is 107 cm³/mol. The van der Waals surface area contributed by atoms with Crippen molar-refractivity contribution in [2.75, 3.05) is 7.11 Å². The third-order valence-electron chi connectivity index (χ3n) is 4.33. The number of hydrogen-bond acceptors (Lipinski definition) is 7. The average molecular weight is 395 g/mol. The second kappa shape index (κ2) is 7.40. The minimum Gasteiger partial charge on any atom is -0.508 e. The molecule has 0 bridgehead atoms. The lowest BCUT2D eigenvalue weighted by Crippen LogP contribution is -2.00. The van der Waals surface area contributed by atoms with Gasteiger partial charge in [0.25, 0.3) is 0 Å². The van der Waals surface area contributed by atoms with Gasteiger partial charge in [0.2, 0.25) is 0 Å². The Kier molecular flexibility index (Phi) is 4.79. The van der Waals surface area contributed by atoms with Gasteiger partial charge >= 0.3 is 5.63 Å². The molecule has 8 heteroatoms. The van der Waals surface area contributed by atoms with Gasteiger partial charge in [0.15, 0.2) is 11.0 Å². The summed E-state index contributed by atoms with van der Waals surface area (Å²) in [6.07, 6.45) is 0. The fourth-order valence-electron chi connectivity index (χ4n) is 2.93. The summed E-state index contributed by atoms with van der Waals surface area (Å²) in [5, 5.41) is 19.7. The summed E-state index contributed by atoms with van der Waals surface area (Å²) in [4.78, 5) is 11.8. The van der Waals surface area contributed by atoms with E-state index in [9.17, 15) is 9.90 Å². The maximum absolute atomic E-state index is 11.8. The van der Waals surface area contributed by atoms with Gasteiger partial charge in [-0.2, -0.15) is 0 Å². The quantitative estimate of drug-likeness (QED) is 0.408. The van der Waals surface area contributed by atoms with Crippen LogP contribution in [0.2, 0.25) is 0 Å². The summed E-state index contributed by atoms with van der Waals surface area (Å²) in [5.74, 6) is 2.04. The fourth-order valence-corrected chi connectivity index (χ4v) is 3.84. The summed E-state index contributed by atoms with van der Waals surface area (Å²) >= 11 is 1.47. The second-order valence-electron chi connectivity index (χ2n) is 6.16. The van der Waals surface area contributed by atoms with E-state index in [-0.39, 0.29) is 5.75 Å². The number of hydrogen-bond donors (Lipinski definition) is 1. The molecule has 0 aliphatic heterocycles. The van der Waals surface area contributed by atoms with Gasteiger partial charge in [-0.1, -0.05) is 23.9 Å². The minimum atomic E-state index is -0.455. The van der Waals surface area contributed by atoms with Crippen LogP contribution in [0.15, 0.2) is 62.9 Å². The topological polar surface area (TPSA) is 90.4 Å². The third-order valence-corrected chi connectivity index (χ3v) is 5.40. The monoisotopic (exact) mass is 395 g/mol. The first-order valence-corrected chi connectivity index (χ1v) is 9.46. The molecular formula is C20H17N3O4S. The smallest absolute Gasteiger partial charge is 0.336 e. The average Bonchev–Trinajstić information content (AvgIpc) is 3.06. The Hall–Kier alpha value is -3.26. The summed E-state index contributed by atoms with van der Waals surface area (Å²) in [6, 6.07) is 13.8. The van der Waals surface area contributed by atoms with Gasteiger partial charge in [-0.15, -0.1) is 10.2 Å². The highest BCUT2D eigenvalue weighted by Gasteiger charge is 2.14. The number of methoxy groups -OCH3 is 1. The molecule has 142 valence electrons. The van der Waals surface area contributed by atoms with Crippen LogP contribution >= 0.6 is 11.8 Å². The van der Waals surface area contributed by atoms with Crippen LogP contribution in [0.4, 0.5) is 0 Å². The fraction of sp³-hybridized carbons (Fsp3) is 0.150. The largest absolute Gasteiger partial charge is 0.508 e. The highest BCUT2D eigenvalue weighted by atomic mass is 32.2. The molecule has 0 spiro atoms. The molecule has 2 heterocycles. The Morgan fingerprint density at radius 1 is 1.18 bits per heavy atom. The molecule has 0 aliphatic rings. The number of nitrogens with zero attached hydrogens (tertiary/aromatic N) is 3. The molecule has 0 saturated heterocycles. The maximum Gasteiger partial charge on any atom is 0.336 e. The molecule has 0 saturated carbocycles. The molecule has 4 rings (SSSR count). The highest BCUT2D eigenvalue weighted by Crippen LogP contribution is 2.29. The summed E-state index contributed by atoms with van der Waals surface area (Å²) in [6.45, 7) is 0. The Morgan fingerprint density at radius 3 is 2.86 bits per heavy atom. The SMILES string of the molecule is COc1cccc(-c2nnc(SCc3cc(=O)oc4cc(O)ccc34)n2C)c1. The van der Waals surface area contributed by atoms with Crippen LogP contribution in [0.25, 0.3) is 22.4 Å². The van der Waals surface area contributed by atoms with Crippen molar-refractivity contribution in [2.24, 2.45) is 7.05 Å². The lowest BCUT2D eigenvalue weighted by molar-refractivity contribution is 0.415. The molecule has 2 aromatic heterocycles. The van der Waals surface area contributed by atoms with E-state index in [1.807, 2.05) is 35.9 Å². The molecule has 28 heavy (non-hydrogen) atoms. The van der Waals surface area contributed by atoms with E-state index in [1.165, 1.54) is 23.9 Å². The van der Waals surface area contributed by atoms with Crippen molar-refractivity contribution in [3.05, 3.63) is 64.5 Å². The molecule has 0 radical (unpaired) electrons. The predicted octanol–water partition coefficient (Wildman–Crippen LogP) is 3.60. The van der Waals surface area contributed by atoms with Crippen LogP contribution in [0.3, 0.4) is 0 Å². The van der Waals surface area contributed by atoms with Crippen molar-refractivity contribution in [3.8, 4) is 22.9 Å². The first kappa shape index (κ1) is 18.1. The molecule has 0 fully saturated rings.